The van der Waals surface area contributed by atoms with Crippen LogP contribution >= 0.6 is 11.3 Å². The topological polar surface area (TPSA) is 75.2 Å². The first kappa shape index (κ1) is 19.5. The predicted molar refractivity (Wildman–Crippen MR) is 107 cm³/mol. The molecule has 7 heteroatoms. The van der Waals surface area contributed by atoms with Crippen LogP contribution in [-0.2, 0) is 9.59 Å². The lowest BCUT2D eigenvalue weighted by molar-refractivity contribution is -0.139. The molecule has 27 heavy (non-hydrogen) atoms. The summed E-state index contributed by atoms with van der Waals surface area (Å²) in [6.45, 7) is 5.32. The maximum absolute atomic E-state index is 12.6. The van der Waals surface area contributed by atoms with E-state index >= 15 is 0 Å². The number of rotatable bonds is 8. The Morgan fingerprint density at radius 3 is 2.59 bits per heavy atom. The molecule has 0 atom stereocenters. The molecule has 1 aromatic heterocycles. The Balaban J connectivity index is 1.53. The van der Waals surface area contributed by atoms with Crippen LogP contribution in [0, 0.1) is 11.8 Å². The molecule has 3 rings (SSSR count). The highest BCUT2D eigenvalue weighted by Gasteiger charge is 2.29. The van der Waals surface area contributed by atoms with Gasteiger partial charge in [-0.2, -0.15) is 0 Å². The Hall–Kier alpha value is -2.28. The zero-order valence-corrected chi connectivity index (χ0v) is 16.7. The van der Waals surface area contributed by atoms with Gasteiger partial charge in [-0.3, -0.25) is 9.59 Å². The summed E-state index contributed by atoms with van der Waals surface area (Å²) in [4.78, 5) is 26.7. The van der Waals surface area contributed by atoms with Gasteiger partial charge in [0.25, 0.3) is 0 Å². The summed E-state index contributed by atoms with van der Waals surface area (Å²) in [5.41, 5.74) is 0.977. The van der Waals surface area contributed by atoms with Gasteiger partial charge in [-0.05, 0) is 18.8 Å². The van der Waals surface area contributed by atoms with E-state index in [4.69, 9.17) is 0 Å². The van der Waals surface area contributed by atoms with Crippen molar-refractivity contribution in [1.29, 1.82) is 0 Å². The molecule has 0 spiro atoms. The highest BCUT2D eigenvalue weighted by atomic mass is 32.1. The van der Waals surface area contributed by atoms with Crippen LogP contribution in [0.5, 0.6) is 0 Å². The number of hydrogen-bond donors (Lipinski definition) is 1. The minimum absolute atomic E-state index is 0.138. The van der Waals surface area contributed by atoms with E-state index in [9.17, 15) is 9.59 Å². The minimum atomic E-state index is -0.138. The lowest BCUT2D eigenvalue weighted by Gasteiger charge is -2.32. The average Bonchev–Trinajstić information content (AvgIpc) is 3.06. The van der Waals surface area contributed by atoms with Gasteiger partial charge in [0.05, 0.1) is 0 Å². The Labute approximate surface area is 164 Å². The summed E-state index contributed by atoms with van der Waals surface area (Å²) in [6, 6.07) is 9.75. The van der Waals surface area contributed by atoms with Crippen molar-refractivity contribution in [1.82, 2.24) is 15.1 Å². The van der Waals surface area contributed by atoms with Gasteiger partial charge in [0, 0.05) is 31.0 Å². The zero-order chi connectivity index (χ0) is 19.2. The summed E-state index contributed by atoms with van der Waals surface area (Å²) >= 11 is 1.35. The Kier molecular flexibility index (Phi) is 6.55. The van der Waals surface area contributed by atoms with Gasteiger partial charge in [-0.15, -0.1) is 10.2 Å². The van der Waals surface area contributed by atoms with E-state index in [1.807, 2.05) is 35.2 Å². The number of carbonyl (C=O) groups excluding carboxylic acids is 2. The number of nitrogens with one attached hydrogen (secondary N) is 1. The van der Waals surface area contributed by atoms with Crippen molar-refractivity contribution < 1.29 is 9.59 Å². The van der Waals surface area contributed by atoms with Crippen molar-refractivity contribution >= 4 is 28.3 Å². The van der Waals surface area contributed by atoms with E-state index in [1.165, 1.54) is 11.3 Å². The third-order valence-electron chi connectivity index (χ3n) is 4.65. The number of nitrogens with zero attached hydrogens (tertiary/aromatic N) is 3. The maximum atomic E-state index is 12.6. The SMILES string of the molecule is CC(C)CN(CCC(=O)Nc1nnc(-c2ccccc2)s1)C(=O)C1CCC1. The Morgan fingerprint density at radius 2 is 1.96 bits per heavy atom. The van der Waals surface area contributed by atoms with E-state index in [0.717, 1.165) is 29.8 Å². The lowest BCUT2D eigenvalue weighted by Crippen LogP contribution is -2.42. The summed E-state index contributed by atoms with van der Waals surface area (Å²) in [6.07, 6.45) is 3.36. The Morgan fingerprint density at radius 1 is 1.22 bits per heavy atom. The molecule has 1 aromatic carbocycles. The van der Waals surface area contributed by atoms with Gasteiger partial charge in [0.15, 0.2) is 0 Å². The van der Waals surface area contributed by atoms with Crippen LogP contribution in [-0.4, -0.2) is 40.0 Å². The van der Waals surface area contributed by atoms with Gasteiger partial charge in [0.2, 0.25) is 16.9 Å². The average molecular weight is 387 g/mol. The van der Waals surface area contributed by atoms with E-state index in [-0.39, 0.29) is 24.2 Å². The van der Waals surface area contributed by atoms with Gasteiger partial charge in [-0.1, -0.05) is 61.9 Å². The first-order valence-corrected chi connectivity index (χ1v) is 10.3. The number of carbonyl (C=O) groups is 2. The highest BCUT2D eigenvalue weighted by Crippen LogP contribution is 2.29. The molecule has 0 aliphatic heterocycles. The fourth-order valence-electron chi connectivity index (χ4n) is 3.04. The molecule has 1 N–H and O–H groups in total. The highest BCUT2D eigenvalue weighted by molar-refractivity contribution is 7.18. The molecular weight excluding hydrogens is 360 g/mol. The van der Waals surface area contributed by atoms with Crippen LogP contribution in [0.25, 0.3) is 10.6 Å². The van der Waals surface area contributed by atoms with Crippen molar-refractivity contribution in [3.05, 3.63) is 30.3 Å². The van der Waals surface area contributed by atoms with Gasteiger partial charge < -0.3 is 10.2 Å². The van der Waals surface area contributed by atoms with Crippen molar-refractivity contribution in [2.75, 3.05) is 18.4 Å². The van der Waals surface area contributed by atoms with Crippen molar-refractivity contribution in [3.63, 3.8) is 0 Å². The first-order chi connectivity index (χ1) is 13.0. The molecule has 1 fully saturated rings. The molecule has 2 amide bonds. The molecule has 1 saturated carbocycles. The second-order valence-electron chi connectivity index (χ2n) is 7.38. The van der Waals surface area contributed by atoms with Crippen molar-refractivity contribution in [3.8, 4) is 10.6 Å². The zero-order valence-electron chi connectivity index (χ0n) is 15.9. The number of anilines is 1. The van der Waals surface area contributed by atoms with Crippen LogP contribution in [0.1, 0.15) is 39.5 Å². The maximum Gasteiger partial charge on any atom is 0.227 e. The fraction of sp³-hybridized carbons (Fsp3) is 0.500. The standard InChI is InChI=1S/C20H26N4O2S/c1-14(2)13-24(19(26)16-9-6-10-16)12-11-17(25)21-20-23-22-18(27-20)15-7-4-3-5-8-15/h3-5,7-8,14,16H,6,9-13H2,1-2H3,(H,21,23,25). The van der Waals surface area contributed by atoms with Crippen LogP contribution in [0.2, 0.25) is 0 Å². The van der Waals surface area contributed by atoms with Crippen molar-refractivity contribution in [2.45, 2.75) is 39.5 Å². The van der Waals surface area contributed by atoms with E-state index in [2.05, 4.69) is 29.4 Å². The summed E-state index contributed by atoms with van der Waals surface area (Å²) < 4.78 is 0. The molecule has 2 aromatic rings. The van der Waals surface area contributed by atoms with E-state index < -0.39 is 0 Å². The van der Waals surface area contributed by atoms with E-state index in [0.29, 0.717) is 24.1 Å². The molecular formula is C20H26N4O2S. The molecule has 6 nitrogen and oxygen atoms in total. The molecule has 0 radical (unpaired) electrons. The molecule has 1 aliphatic carbocycles. The van der Waals surface area contributed by atoms with Crippen LogP contribution in [0.3, 0.4) is 0 Å². The third-order valence-corrected chi connectivity index (χ3v) is 5.54. The normalized spacial score (nSPS) is 14.0. The van der Waals surface area contributed by atoms with Crippen LogP contribution in [0.15, 0.2) is 30.3 Å². The molecule has 1 aliphatic rings. The summed E-state index contributed by atoms with van der Waals surface area (Å²) in [5, 5.41) is 12.2. The van der Waals surface area contributed by atoms with Gasteiger partial charge in [0.1, 0.15) is 5.01 Å². The monoisotopic (exact) mass is 386 g/mol. The smallest absolute Gasteiger partial charge is 0.227 e. The molecule has 144 valence electrons. The number of benzene rings is 1. The number of aromatic nitrogens is 2. The Bertz CT molecular complexity index is 771. The molecule has 0 saturated heterocycles. The predicted octanol–water partition coefficient (Wildman–Crippen LogP) is 3.82. The lowest BCUT2D eigenvalue weighted by atomic mass is 9.84. The molecule has 0 bridgehead atoms. The number of amides is 2. The van der Waals surface area contributed by atoms with Gasteiger partial charge in [-0.25, -0.2) is 0 Å². The molecule has 1 heterocycles. The molecule has 0 unspecified atom stereocenters. The minimum Gasteiger partial charge on any atom is -0.342 e. The van der Waals surface area contributed by atoms with Gasteiger partial charge >= 0.3 is 0 Å². The third kappa shape index (κ3) is 5.35. The van der Waals surface area contributed by atoms with Crippen LogP contribution < -0.4 is 5.32 Å². The second-order valence-corrected chi connectivity index (χ2v) is 8.36. The largest absolute Gasteiger partial charge is 0.342 e. The van der Waals surface area contributed by atoms with Crippen molar-refractivity contribution in [2.24, 2.45) is 11.8 Å². The summed E-state index contributed by atoms with van der Waals surface area (Å²) in [5.74, 6) is 0.600. The second kappa shape index (κ2) is 9.08. The first-order valence-electron chi connectivity index (χ1n) is 9.50. The fourth-order valence-corrected chi connectivity index (χ4v) is 3.80. The summed E-state index contributed by atoms with van der Waals surface area (Å²) in [7, 11) is 0. The number of hydrogen-bond acceptors (Lipinski definition) is 5. The van der Waals surface area contributed by atoms with Crippen LogP contribution in [0.4, 0.5) is 5.13 Å². The van der Waals surface area contributed by atoms with E-state index in [1.54, 1.807) is 0 Å². The quantitative estimate of drug-likeness (QED) is 0.748.